The number of aryl methyl sites for hydroxylation is 1. The van der Waals surface area contributed by atoms with E-state index in [0.29, 0.717) is 5.56 Å². The fraction of sp³-hybridized carbons (Fsp3) is 0.154. The van der Waals surface area contributed by atoms with Crippen molar-refractivity contribution in [3.05, 3.63) is 47.5 Å². The number of carboxylic acid groups (broad SMARTS) is 1. The Kier molecular flexibility index (Phi) is 2.42. The lowest BCUT2D eigenvalue weighted by Crippen LogP contribution is -1.95. The second-order valence-electron chi connectivity index (χ2n) is 3.55. The zero-order valence-corrected chi connectivity index (χ0v) is 8.53. The molecule has 2 nitrogen and oxygen atoms in total. The number of hydrogen-bond acceptors (Lipinski definition) is 1. The average molecular weight is 200 g/mol. The van der Waals surface area contributed by atoms with Crippen molar-refractivity contribution in [3.8, 4) is 0 Å². The lowest BCUT2D eigenvalue weighted by molar-refractivity contribution is 0.0697. The Hall–Kier alpha value is -1.83. The Morgan fingerprint density at radius 3 is 2.47 bits per heavy atom. The first kappa shape index (κ1) is 9.71. The molecule has 2 aromatic rings. The van der Waals surface area contributed by atoms with Crippen LogP contribution in [0.3, 0.4) is 0 Å². The summed E-state index contributed by atoms with van der Waals surface area (Å²) in [5, 5.41) is 10.9. The molecule has 0 spiro atoms. The smallest absolute Gasteiger partial charge is 0.335 e. The third-order valence-corrected chi connectivity index (χ3v) is 2.56. The third-order valence-electron chi connectivity index (χ3n) is 2.56. The van der Waals surface area contributed by atoms with Crippen molar-refractivity contribution >= 4 is 16.7 Å². The number of benzene rings is 2. The predicted molar refractivity (Wildman–Crippen MR) is 60.3 cm³/mol. The standard InChI is InChI=1S/C13H12O2/c1-2-9-3-4-11-8-12(13(14)15)6-5-10(11)7-9/h3-8H,2H2,1H3,(H,14,15). The van der Waals surface area contributed by atoms with Crippen molar-refractivity contribution in [2.75, 3.05) is 0 Å². The molecular formula is C13H12O2. The molecule has 0 atom stereocenters. The van der Waals surface area contributed by atoms with Gasteiger partial charge in [0.2, 0.25) is 0 Å². The monoisotopic (exact) mass is 200 g/mol. The maximum absolute atomic E-state index is 10.8. The van der Waals surface area contributed by atoms with Gasteiger partial charge in [-0.05, 0) is 34.9 Å². The molecule has 0 aliphatic rings. The molecule has 0 aliphatic carbocycles. The minimum atomic E-state index is -0.878. The Bertz CT molecular complexity index is 515. The maximum atomic E-state index is 10.8. The van der Waals surface area contributed by atoms with Gasteiger partial charge in [-0.3, -0.25) is 0 Å². The predicted octanol–water partition coefficient (Wildman–Crippen LogP) is 3.10. The molecule has 1 N–H and O–H groups in total. The van der Waals surface area contributed by atoms with Gasteiger partial charge in [0.05, 0.1) is 5.56 Å². The van der Waals surface area contributed by atoms with E-state index >= 15 is 0 Å². The molecule has 0 radical (unpaired) electrons. The molecule has 2 aromatic carbocycles. The van der Waals surface area contributed by atoms with Gasteiger partial charge in [-0.1, -0.05) is 31.2 Å². The van der Waals surface area contributed by atoms with E-state index in [1.807, 2.05) is 18.2 Å². The Labute approximate surface area is 88.2 Å². The molecule has 0 unspecified atom stereocenters. The van der Waals surface area contributed by atoms with Crippen LogP contribution in [0.5, 0.6) is 0 Å². The summed E-state index contributed by atoms with van der Waals surface area (Å²) in [4.78, 5) is 10.8. The van der Waals surface area contributed by atoms with Crippen LogP contribution in [0.25, 0.3) is 10.8 Å². The fourth-order valence-corrected chi connectivity index (χ4v) is 1.65. The van der Waals surface area contributed by atoms with Crippen LogP contribution in [0.1, 0.15) is 22.8 Å². The highest BCUT2D eigenvalue weighted by Gasteiger charge is 2.03. The normalized spacial score (nSPS) is 10.5. The second-order valence-corrected chi connectivity index (χ2v) is 3.55. The molecule has 0 heterocycles. The van der Waals surface area contributed by atoms with E-state index in [2.05, 4.69) is 13.0 Å². The number of hydrogen-bond donors (Lipinski definition) is 1. The summed E-state index contributed by atoms with van der Waals surface area (Å²) in [7, 11) is 0. The van der Waals surface area contributed by atoms with Crippen LogP contribution < -0.4 is 0 Å². The molecule has 2 rings (SSSR count). The number of aromatic carboxylic acids is 1. The lowest BCUT2D eigenvalue weighted by atomic mass is 10.0. The SMILES string of the molecule is CCc1ccc2cc(C(=O)O)ccc2c1. The summed E-state index contributed by atoms with van der Waals surface area (Å²) >= 11 is 0. The molecular weight excluding hydrogens is 188 g/mol. The quantitative estimate of drug-likeness (QED) is 0.808. The fourth-order valence-electron chi connectivity index (χ4n) is 1.65. The van der Waals surface area contributed by atoms with Crippen molar-refractivity contribution in [2.24, 2.45) is 0 Å². The average Bonchev–Trinajstić information content (AvgIpc) is 2.27. The van der Waals surface area contributed by atoms with Gasteiger partial charge in [0.25, 0.3) is 0 Å². The van der Waals surface area contributed by atoms with Gasteiger partial charge in [0, 0.05) is 0 Å². The molecule has 0 aliphatic heterocycles. The summed E-state index contributed by atoms with van der Waals surface area (Å²) < 4.78 is 0. The van der Waals surface area contributed by atoms with E-state index in [4.69, 9.17) is 5.11 Å². The molecule has 0 saturated heterocycles. The van der Waals surface area contributed by atoms with Crippen molar-refractivity contribution in [3.63, 3.8) is 0 Å². The van der Waals surface area contributed by atoms with Gasteiger partial charge in [0.1, 0.15) is 0 Å². The molecule has 0 bridgehead atoms. The van der Waals surface area contributed by atoms with Crippen LogP contribution in [0.2, 0.25) is 0 Å². The van der Waals surface area contributed by atoms with Gasteiger partial charge in [0.15, 0.2) is 0 Å². The second kappa shape index (κ2) is 3.73. The van der Waals surface area contributed by atoms with Crippen molar-refractivity contribution in [1.82, 2.24) is 0 Å². The highest BCUT2D eigenvalue weighted by Crippen LogP contribution is 2.18. The van der Waals surface area contributed by atoms with Gasteiger partial charge in [-0.25, -0.2) is 4.79 Å². The van der Waals surface area contributed by atoms with E-state index in [-0.39, 0.29) is 0 Å². The minimum absolute atomic E-state index is 0.340. The van der Waals surface area contributed by atoms with Crippen molar-refractivity contribution < 1.29 is 9.90 Å². The van der Waals surface area contributed by atoms with Crippen LogP contribution in [0.4, 0.5) is 0 Å². The summed E-state index contributed by atoms with van der Waals surface area (Å²) in [5.74, 6) is -0.878. The first-order valence-corrected chi connectivity index (χ1v) is 4.96. The van der Waals surface area contributed by atoms with E-state index < -0.39 is 5.97 Å². The van der Waals surface area contributed by atoms with Gasteiger partial charge in [-0.2, -0.15) is 0 Å². The first-order chi connectivity index (χ1) is 7.20. The summed E-state index contributed by atoms with van der Waals surface area (Å²) in [6.07, 6.45) is 0.997. The molecule has 0 saturated carbocycles. The molecule has 0 aromatic heterocycles. The molecule has 0 fully saturated rings. The minimum Gasteiger partial charge on any atom is -0.478 e. The van der Waals surface area contributed by atoms with Gasteiger partial charge < -0.3 is 5.11 Å². The lowest BCUT2D eigenvalue weighted by Gasteiger charge is -2.02. The van der Waals surface area contributed by atoms with Crippen LogP contribution >= 0.6 is 0 Å². The molecule has 76 valence electrons. The summed E-state index contributed by atoms with van der Waals surface area (Å²) in [5.41, 5.74) is 1.61. The highest BCUT2D eigenvalue weighted by molar-refractivity contribution is 5.94. The first-order valence-electron chi connectivity index (χ1n) is 4.96. The summed E-state index contributed by atoms with van der Waals surface area (Å²) in [6.45, 7) is 2.10. The highest BCUT2D eigenvalue weighted by atomic mass is 16.4. The van der Waals surface area contributed by atoms with Crippen LogP contribution in [-0.4, -0.2) is 11.1 Å². The van der Waals surface area contributed by atoms with Crippen LogP contribution in [-0.2, 0) is 6.42 Å². The topological polar surface area (TPSA) is 37.3 Å². The summed E-state index contributed by atoms with van der Waals surface area (Å²) in [6, 6.07) is 11.3. The molecule has 15 heavy (non-hydrogen) atoms. The number of carbonyl (C=O) groups is 1. The number of rotatable bonds is 2. The van der Waals surface area contributed by atoms with Crippen LogP contribution in [0.15, 0.2) is 36.4 Å². The zero-order chi connectivity index (χ0) is 10.8. The van der Waals surface area contributed by atoms with Gasteiger partial charge >= 0.3 is 5.97 Å². The van der Waals surface area contributed by atoms with E-state index in [1.54, 1.807) is 12.1 Å². The largest absolute Gasteiger partial charge is 0.478 e. The molecule has 2 heteroatoms. The van der Waals surface area contributed by atoms with E-state index in [1.165, 1.54) is 5.56 Å². The van der Waals surface area contributed by atoms with E-state index in [0.717, 1.165) is 17.2 Å². The number of fused-ring (bicyclic) bond motifs is 1. The van der Waals surface area contributed by atoms with Crippen molar-refractivity contribution in [2.45, 2.75) is 13.3 Å². The van der Waals surface area contributed by atoms with Crippen molar-refractivity contribution in [1.29, 1.82) is 0 Å². The Morgan fingerprint density at radius 1 is 1.13 bits per heavy atom. The molecule has 0 amide bonds. The van der Waals surface area contributed by atoms with E-state index in [9.17, 15) is 4.79 Å². The van der Waals surface area contributed by atoms with Crippen LogP contribution in [0, 0.1) is 0 Å². The Balaban J connectivity index is 2.59. The Morgan fingerprint density at radius 2 is 1.80 bits per heavy atom. The zero-order valence-electron chi connectivity index (χ0n) is 8.53. The maximum Gasteiger partial charge on any atom is 0.335 e. The third kappa shape index (κ3) is 1.84. The van der Waals surface area contributed by atoms with Gasteiger partial charge in [-0.15, -0.1) is 0 Å². The number of carboxylic acids is 1.